The molecular weight excluding hydrogens is 250 g/mol. The summed E-state index contributed by atoms with van der Waals surface area (Å²) < 4.78 is 0. The standard InChI is InChI=1S/C16H33NO.CH2O/c1-2-3-4-5-6-7-8-9-10-11-12-13-14-15-16(17)18;1-2/h2-15H2,1H3,(H2,17,18);1H2. The van der Waals surface area contributed by atoms with Crippen molar-refractivity contribution in [2.45, 2.75) is 96.8 Å². The molecule has 0 fully saturated rings. The van der Waals surface area contributed by atoms with E-state index in [1.807, 2.05) is 6.79 Å². The minimum Gasteiger partial charge on any atom is -0.370 e. The number of amides is 1. The molecule has 0 aliphatic carbocycles. The molecule has 3 heteroatoms. The summed E-state index contributed by atoms with van der Waals surface area (Å²) in [4.78, 5) is 18.5. The summed E-state index contributed by atoms with van der Waals surface area (Å²) >= 11 is 0. The molecule has 0 aliphatic rings. The lowest BCUT2D eigenvalue weighted by molar-refractivity contribution is -0.118. The molecule has 0 atom stereocenters. The van der Waals surface area contributed by atoms with Crippen molar-refractivity contribution in [1.82, 2.24) is 0 Å². The topological polar surface area (TPSA) is 60.2 Å². The largest absolute Gasteiger partial charge is 0.370 e. The third-order valence-corrected chi connectivity index (χ3v) is 3.53. The van der Waals surface area contributed by atoms with Gasteiger partial charge in [0.2, 0.25) is 5.91 Å². The first-order valence-corrected chi connectivity index (χ1v) is 8.34. The number of unbranched alkanes of at least 4 members (excludes halogenated alkanes) is 12. The highest BCUT2D eigenvalue weighted by atomic mass is 16.1. The predicted molar refractivity (Wildman–Crippen MR) is 86.6 cm³/mol. The number of carbonyl (C=O) groups excluding carboxylic acids is 2. The number of nitrogens with two attached hydrogens (primary N) is 1. The van der Waals surface area contributed by atoms with Crippen LogP contribution in [-0.4, -0.2) is 12.7 Å². The molecule has 0 saturated carbocycles. The van der Waals surface area contributed by atoms with E-state index in [4.69, 9.17) is 10.5 Å². The molecule has 0 saturated heterocycles. The molecule has 0 unspecified atom stereocenters. The van der Waals surface area contributed by atoms with Crippen molar-refractivity contribution in [3.05, 3.63) is 0 Å². The normalized spacial score (nSPS) is 9.85. The third kappa shape index (κ3) is 22.3. The van der Waals surface area contributed by atoms with E-state index in [1.165, 1.54) is 77.0 Å². The monoisotopic (exact) mass is 285 g/mol. The van der Waals surface area contributed by atoms with Crippen molar-refractivity contribution >= 4 is 12.7 Å². The van der Waals surface area contributed by atoms with Gasteiger partial charge in [0.05, 0.1) is 0 Å². The molecular formula is C17H35NO2. The maximum atomic E-state index is 10.5. The number of hydrogen-bond donors (Lipinski definition) is 1. The SMILES string of the molecule is C=O.CCCCCCCCCCCCCCCC(N)=O. The Hall–Kier alpha value is -0.860. The molecule has 0 bridgehead atoms. The van der Waals surface area contributed by atoms with Gasteiger partial charge in [-0.1, -0.05) is 84.0 Å². The first kappa shape index (κ1) is 21.4. The molecule has 0 spiro atoms. The van der Waals surface area contributed by atoms with Crippen LogP contribution in [0, 0.1) is 0 Å². The highest BCUT2D eigenvalue weighted by Crippen LogP contribution is 2.12. The average Bonchev–Trinajstić information content (AvgIpc) is 2.46. The Labute approximate surface area is 125 Å². The zero-order chi connectivity index (χ0) is 15.5. The second-order valence-corrected chi connectivity index (χ2v) is 5.46. The summed E-state index contributed by atoms with van der Waals surface area (Å²) in [5.74, 6) is -0.155. The maximum Gasteiger partial charge on any atom is 0.217 e. The fourth-order valence-electron chi connectivity index (χ4n) is 2.32. The van der Waals surface area contributed by atoms with Crippen LogP contribution >= 0.6 is 0 Å². The van der Waals surface area contributed by atoms with Gasteiger partial charge in [0.1, 0.15) is 6.79 Å². The van der Waals surface area contributed by atoms with E-state index in [-0.39, 0.29) is 5.91 Å². The van der Waals surface area contributed by atoms with Gasteiger partial charge < -0.3 is 10.5 Å². The van der Waals surface area contributed by atoms with Gasteiger partial charge in [0.25, 0.3) is 0 Å². The summed E-state index contributed by atoms with van der Waals surface area (Å²) in [6, 6.07) is 0. The molecule has 0 aliphatic heterocycles. The fourth-order valence-corrected chi connectivity index (χ4v) is 2.32. The molecule has 0 radical (unpaired) electrons. The van der Waals surface area contributed by atoms with Crippen molar-refractivity contribution in [2.75, 3.05) is 0 Å². The van der Waals surface area contributed by atoms with E-state index in [9.17, 15) is 4.79 Å². The number of primary amides is 1. The molecule has 0 aromatic rings. The van der Waals surface area contributed by atoms with Gasteiger partial charge in [-0.3, -0.25) is 4.79 Å². The Bertz CT molecular complexity index is 195. The molecule has 0 aromatic heterocycles. The van der Waals surface area contributed by atoms with Crippen LogP contribution in [0.15, 0.2) is 0 Å². The Balaban J connectivity index is 0. The van der Waals surface area contributed by atoms with Crippen LogP contribution < -0.4 is 5.73 Å². The van der Waals surface area contributed by atoms with Crippen LogP contribution in [0.1, 0.15) is 96.8 Å². The molecule has 2 N–H and O–H groups in total. The van der Waals surface area contributed by atoms with E-state index < -0.39 is 0 Å². The highest BCUT2D eigenvalue weighted by molar-refractivity contribution is 5.73. The van der Waals surface area contributed by atoms with Gasteiger partial charge in [0, 0.05) is 6.42 Å². The van der Waals surface area contributed by atoms with Gasteiger partial charge in [-0.15, -0.1) is 0 Å². The van der Waals surface area contributed by atoms with E-state index in [0.717, 1.165) is 6.42 Å². The van der Waals surface area contributed by atoms with Gasteiger partial charge in [0.15, 0.2) is 0 Å². The second kappa shape index (κ2) is 20.5. The van der Waals surface area contributed by atoms with Crippen molar-refractivity contribution in [2.24, 2.45) is 5.73 Å². The Morgan fingerprint density at radius 3 is 1.30 bits per heavy atom. The quantitative estimate of drug-likeness (QED) is 0.467. The van der Waals surface area contributed by atoms with Gasteiger partial charge in [-0.2, -0.15) is 0 Å². The lowest BCUT2D eigenvalue weighted by Gasteiger charge is -2.02. The number of carbonyl (C=O) groups is 2. The van der Waals surface area contributed by atoms with E-state index in [2.05, 4.69) is 6.92 Å². The summed E-state index contributed by atoms with van der Waals surface area (Å²) in [5, 5.41) is 0. The van der Waals surface area contributed by atoms with E-state index in [0.29, 0.717) is 6.42 Å². The average molecular weight is 285 g/mol. The molecule has 20 heavy (non-hydrogen) atoms. The molecule has 3 nitrogen and oxygen atoms in total. The summed E-state index contributed by atoms with van der Waals surface area (Å²) in [5.41, 5.74) is 5.09. The smallest absolute Gasteiger partial charge is 0.217 e. The van der Waals surface area contributed by atoms with Crippen molar-refractivity contribution < 1.29 is 9.59 Å². The number of rotatable bonds is 14. The molecule has 120 valence electrons. The van der Waals surface area contributed by atoms with Gasteiger partial charge in [-0.25, -0.2) is 0 Å². The van der Waals surface area contributed by atoms with Crippen LogP contribution in [0.25, 0.3) is 0 Å². The summed E-state index contributed by atoms with van der Waals surface area (Å²) in [6.07, 6.45) is 17.9. The minimum absolute atomic E-state index is 0.155. The predicted octanol–water partition coefficient (Wildman–Crippen LogP) is 4.77. The first-order valence-electron chi connectivity index (χ1n) is 8.34. The minimum atomic E-state index is -0.155. The summed E-state index contributed by atoms with van der Waals surface area (Å²) in [7, 11) is 0. The fraction of sp³-hybridized carbons (Fsp3) is 0.882. The number of hydrogen-bond acceptors (Lipinski definition) is 2. The van der Waals surface area contributed by atoms with Crippen molar-refractivity contribution in [3.8, 4) is 0 Å². The molecule has 0 rings (SSSR count). The van der Waals surface area contributed by atoms with E-state index in [1.54, 1.807) is 0 Å². The Morgan fingerprint density at radius 2 is 1.00 bits per heavy atom. The van der Waals surface area contributed by atoms with Crippen molar-refractivity contribution in [3.63, 3.8) is 0 Å². The Morgan fingerprint density at radius 1 is 0.700 bits per heavy atom. The van der Waals surface area contributed by atoms with Crippen molar-refractivity contribution in [1.29, 1.82) is 0 Å². The van der Waals surface area contributed by atoms with Crippen LogP contribution in [0.2, 0.25) is 0 Å². The lowest BCUT2D eigenvalue weighted by atomic mass is 10.0. The van der Waals surface area contributed by atoms with Gasteiger partial charge in [-0.05, 0) is 6.42 Å². The Kier molecular flexibility index (Phi) is 21.9. The van der Waals surface area contributed by atoms with Gasteiger partial charge >= 0.3 is 0 Å². The molecule has 1 amide bonds. The lowest BCUT2D eigenvalue weighted by Crippen LogP contribution is -2.09. The van der Waals surface area contributed by atoms with Crippen LogP contribution in [0.4, 0.5) is 0 Å². The summed E-state index contributed by atoms with van der Waals surface area (Å²) in [6.45, 7) is 4.27. The molecule has 0 heterocycles. The first-order chi connectivity index (χ1) is 9.77. The van der Waals surface area contributed by atoms with E-state index >= 15 is 0 Å². The van der Waals surface area contributed by atoms with Crippen LogP contribution in [-0.2, 0) is 9.59 Å². The molecule has 0 aromatic carbocycles. The van der Waals surface area contributed by atoms with Crippen LogP contribution in [0.5, 0.6) is 0 Å². The second-order valence-electron chi connectivity index (χ2n) is 5.46. The third-order valence-electron chi connectivity index (χ3n) is 3.53. The maximum absolute atomic E-state index is 10.5. The highest BCUT2D eigenvalue weighted by Gasteiger charge is 1.95. The zero-order valence-corrected chi connectivity index (χ0v) is 13.5. The van der Waals surface area contributed by atoms with Crippen LogP contribution in [0.3, 0.4) is 0 Å². The zero-order valence-electron chi connectivity index (χ0n) is 13.5.